The standard InChI is InChI=1S/C11H11NO3/c1-12-10(14)9(13)7-5-3-4-6-8(7)11(12)15-2/h3-6,11H,1-2H3. The first-order valence-electron chi connectivity index (χ1n) is 4.60. The van der Waals surface area contributed by atoms with Crippen molar-refractivity contribution >= 4 is 11.7 Å². The Hall–Kier alpha value is -1.68. The van der Waals surface area contributed by atoms with Crippen molar-refractivity contribution in [2.75, 3.05) is 14.2 Å². The predicted molar refractivity (Wildman–Crippen MR) is 53.3 cm³/mol. The van der Waals surface area contributed by atoms with Gasteiger partial charge in [-0.15, -0.1) is 0 Å². The van der Waals surface area contributed by atoms with E-state index in [1.54, 1.807) is 25.2 Å². The molecule has 1 amide bonds. The van der Waals surface area contributed by atoms with Crippen LogP contribution in [0.4, 0.5) is 0 Å². The molecular weight excluding hydrogens is 194 g/mol. The van der Waals surface area contributed by atoms with Crippen molar-refractivity contribution in [3.63, 3.8) is 0 Å². The Morgan fingerprint density at radius 1 is 1.27 bits per heavy atom. The summed E-state index contributed by atoms with van der Waals surface area (Å²) in [4.78, 5) is 24.5. The number of likely N-dealkylation sites (N-methyl/N-ethyl adjacent to an activating group) is 1. The molecule has 4 nitrogen and oxygen atoms in total. The lowest BCUT2D eigenvalue weighted by Gasteiger charge is -2.31. The van der Waals surface area contributed by atoms with E-state index in [1.807, 2.05) is 6.07 Å². The Labute approximate surface area is 87.4 Å². The lowest BCUT2D eigenvalue weighted by atomic mass is 9.97. The van der Waals surface area contributed by atoms with Crippen LogP contribution in [0.3, 0.4) is 0 Å². The van der Waals surface area contributed by atoms with E-state index in [9.17, 15) is 9.59 Å². The molecule has 1 aliphatic rings. The second-order valence-electron chi connectivity index (χ2n) is 3.42. The maximum absolute atomic E-state index is 11.6. The first-order chi connectivity index (χ1) is 7.16. The smallest absolute Gasteiger partial charge is 0.297 e. The van der Waals surface area contributed by atoms with Crippen LogP contribution >= 0.6 is 0 Å². The molecule has 0 aromatic heterocycles. The fourth-order valence-electron chi connectivity index (χ4n) is 1.79. The molecule has 1 aromatic carbocycles. The number of hydrogen-bond acceptors (Lipinski definition) is 3. The molecule has 1 atom stereocenters. The minimum Gasteiger partial charge on any atom is -0.357 e. The summed E-state index contributed by atoms with van der Waals surface area (Å²) in [5, 5.41) is 0. The number of Topliss-reactive ketones (excluding diaryl/α,β-unsaturated/α-hetero) is 1. The highest BCUT2D eigenvalue weighted by atomic mass is 16.5. The van der Waals surface area contributed by atoms with Crippen LogP contribution in [0.2, 0.25) is 0 Å². The molecule has 1 heterocycles. The van der Waals surface area contributed by atoms with Gasteiger partial charge in [0.1, 0.15) is 0 Å². The second-order valence-corrected chi connectivity index (χ2v) is 3.42. The van der Waals surface area contributed by atoms with Gasteiger partial charge in [0.15, 0.2) is 6.23 Å². The third kappa shape index (κ3) is 1.34. The molecule has 1 unspecified atom stereocenters. The monoisotopic (exact) mass is 205 g/mol. The normalized spacial score (nSPS) is 20.4. The molecule has 0 fully saturated rings. The first kappa shape index (κ1) is 9.86. The maximum Gasteiger partial charge on any atom is 0.297 e. The van der Waals surface area contributed by atoms with Gasteiger partial charge in [0.25, 0.3) is 11.7 Å². The Morgan fingerprint density at radius 3 is 2.60 bits per heavy atom. The van der Waals surface area contributed by atoms with Crippen molar-refractivity contribution in [1.29, 1.82) is 0 Å². The lowest BCUT2D eigenvalue weighted by Crippen LogP contribution is -2.42. The van der Waals surface area contributed by atoms with Crippen LogP contribution in [0.25, 0.3) is 0 Å². The quantitative estimate of drug-likeness (QED) is 0.642. The number of methoxy groups -OCH3 is 1. The van der Waals surface area contributed by atoms with Crippen LogP contribution in [0.15, 0.2) is 24.3 Å². The van der Waals surface area contributed by atoms with Gasteiger partial charge in [-0.3, -0.25) is 9.59 Å². The first-order valence-corrected chi connectivity index (χ1v) is 4.60. The van der Waals surface area contributed by atoms with Gasteiger partial charge in [-0.25, -0.2) is 0 Å². The van der Waals surface area contributed by atoms with Crippen LogP contribution < -0.4 is 0 Å². The summed E-state index contributed by atoms with van der Waals surface area (Å²) in [5.74, 6) is -0.998. The Morgan fingerprint density at radius 2 is 1.93 bits per heavy atom. The summed E-state index contributed by atoms with van der Waals surface area (Å²) in [6.45, 7) is 0. The molecule has 0 saturated heterocycles. The van der Waals surface area contributed by atoms with Gasteiger partial charge in [0.2, 0.25) is 0 Å². The number of nitrogens with zero attached hydrogens (tertiary/aromatic N) is 1. The van der Waals surface area contributed by atoms with E-state index < -0.39 is 17.9 Å². The molecule has 0 aliphatic carbocycles. The van der Waals surface area contributed by atoms with Gasteiger partial charge in [-0.2, -0.15) is 0 Å². The highest BCUT2D eigenvalue weighted by Crippen LogP contribution is 2.29. The van der Waals surface area contributed by atoms with Crippen molar-refractivity contribution in [3.8, 4) is 0 Å². The van der Waals surface area contributed by atoms with Gasteiger partial charge >= 0.3 is 0 Å². The number of rotatable bonds is 1. The molecule has 0 bridgehead atoms. The highest BCUT2D eigenvalue weighted by Gasteiger charge is 2.35. The average molecular weight is 205 g/mol. The third-order valence-electron chi connectivity index (χ3n) is 2.56. The van der Waals surface area contributed by atoms with Crippen molar-refractivity contribution in [2.45, 2.75) is 6.23 Å². The fourth-order valence-corrected chi connectivity index (χ4v) is 1.79. The topological polar surface area (TPSA) is 46.6 Å². The largest absolute Gasteiger partial charge is 0.357 e. The molecule has 2 rings (SSSR count). The van der Waals surface area contributed by atoms with Crippen molar-refractivity contribution in [2.24, 2.45) is 0 Å². The van der Waals surface area contributed by atoms with Gasteiger partial charge in [-0.1, -0.05) is 24.3 Å². The summed E-state index contributed by atoms with van der Waals surface area (Å²) in [6.07, 6.45) is -0.466. The summed E-state index contributed by atoms with van der Waals surface area (Å²) >= 11 is 0. The molecule has 0 spiro atoms. The van der Waals surface area contributed by atoms with Crippen LogP contribution in [0, 0.1) is 0 Å². The number of amides is 1. The zero-order chi connectivity index (χ0) is 11.0. The minimum atomic E-state index is -0.527. The van der Waals surface area contributed by atoms with E-state index in [-0.39, 0.29) is 0 Å². The van der Waals surface area contributed by atoms with Gasteiger partial charge in [0, 0.05) is 25.3 Å². The van der Waals surface area contributed by atoms with Crippen LogP contribution in [0.5, 0.6) is 0 Å². The SMILES string of the molecule is COC1c2ccccc2C(=O)C(=O)N1C. The van der Waals surface area contributed by atoms with E-state index in [0.717, 1.165) is 5.56 Å². The summed E-state index contributed by atoms with van der Waals surface area (Å²) in [7, 11) is 3.07. The van der Waals surface area contributed by atoms with Gasteiger partial charge in [0.05, 0.1) is 0 Å². The Kier molecular flexibility index (Phi) is 2.28. The van der Waals surface area contributed by atoms with Gasteiger partial charge in [-0.05, 0) is 0 Å². The van der Waals surface area contributed by atoms with E-state index >= 15 is 0 Å². The predicted octanol–water partition coefficient (Wildman–Crippen LogP) is 0.986. The Balaban J connectivity index is 2.60. The van der Waals surface area contributed by atoms with E-state index in [4.69, 9.17) is 4.74 Å². The van der Waals surface area contributed by atoms with Crippen LogP contribution in [-0.2, 0) is 9.53 Å². The number of ether oxygens (including phenoxy) is 1. The number of benzene rings is 1. The summed E-state index contributed by atoms with van der Waals surface area (Å²) in [5.41, 5.74) is 1.18. The molecule has 1 aromatic rings. The van der Waals surface area contributed by atoms with Gasteiger partial charge < -0.3 is 9.64 Å². The molecule has 0 saturated carbocycles. The molecule has 1 aliphatic heterocycles. The molecule has 78 valence electrons. The zero-order valence-corrected chi connectivity index (χ0v) is 8.56. The third-order valence-corrected chi connectivity index (χ3v) is 2.56. The Bertz CT molecular complexity index is 428. The zero-order valence-electron chi connectivity index (χ0n) is 8.56. The lowest BCUT2D eigenvalue weighted by molar-refractivity contribution is -0.138. The number of carbonyl (C=O) groups is 2. The molecular formula is C11H11NO3. The summed E-state index contributed by atoms with van der Waals surface area (Å²) < 4.78 is 5.20. The van der Waals surface area contributed by atoms with Crippen LogP contribution in [0.1, 0.15) is 22.1 Å². The van der Waals surface area contributed by atoms with E-state index in [0.29, 0.717) is 5.56 Å². The molecule has 4 heteroatoms. The fraction of sp³-hybridized carbons (Fsp3) is 0.273. The number of ketones is 1. The van der Waals surface area contributed by atoms with Crippen LogP contribution in [-0.4, -0.2) is 30.7 Å². The minimum absolute atomic E-state index is 0.437. The van der Waals surface area contributed by atoms with Crippen molar-refractivity contribution < 1.29 is 14.3 Å². The van der Waals surface area contributed by atoms with E-state index in [1.165, 1.54) is 12.0 Å². The maximum atomic E-state index is 11.6. The second kappa shape index (κ2) is 3.47. The van der Waals surface area contributed by atoms with Crippen molar-refractivity contribution in [1.82, 2.24) is 4.90 Å². The van der Waals surface area contributed by atoms with E-state index in [2.05, 4.69) is 0 Å². The number of carbonyl (C=O) groups excluding carboxylic acids is 2. The number of hydrogen-bond donors (Lipinski definition) is 0. The molecule has 15 heavy (non-hydrogen) atoms. The molecule has 0 N–H and O–H groups in total. The molecule has 0 radical (unpaired) electrons. The highest BCUT2D eigenvalue weighted by molar-refractivity contribution is 6.43. The number of fused-ring (bicyclic) bond motifs is 1. The average Bonchev–Trinajstić information content (AvgIpc) is 2.27. The summed E-state index contributed by atoms with van der Waals surface area (Å²) in [6, 6.07) is 7.00. The van der Waals surface area contributed by atoms with Crippen molar-refractivity contribution in [3.05, 3.63) is 35.4 Å².